The van der Waals surface area contributed by atoms with Crippen molar-refractivity contribution in [2.24, 2.45) is 5.10 Å². The number of rotatable bonds is 7. The zero-order chi connectivity index (χ0) is 20.6. The number of carboxylic acid groups (broad SMARTS) is 1. The van der Waals surface area contributed by atoms with Gasteiger partial charge in [-0.05, 0) is 54.1 Å². The number of hydrogen-bond acceptors (Lipinski definition) is 7. The fourth-order valence-corrected chi connectivity index (χ4v) is 2.39. The molecule has 8 nitrogen and oxygen atoms in total. The van der Waals surface area contributed by atoms with Crippen LogP contribution >= 0.6 is 0 Å². The normalized spacial score (nSPS) is 10.5. The van der Waals surface area contributed by atoms with Crippen LogP contribution in [0.4, 0.5) is 5.69 Å². The molecule has 0 unspecified atom stereocenters. The maximum absolute atomic E-state index is 12.2. The Morgan fingerprint density at radius 2 is 1.90 bits per heavy atom. The largest absolute Gasteiger partial charge is 0.493 e. The lowest BCUT2D eigenvalue weighted by atomic mass is 10.2. The number of aromatic carboxylic acids is 1. The molecule has 8 heteroatoms. The summed E-state index contributed by atoms with van der Waals surface area (Å²) in [6.45, 7) is 0. The van der Waals surface area contributed by atoms with E-state index in [0.717, 1.165) is 0 Å². The number of carbonyl (C=O) groups excluding carboxylic acids is 1. The molecule has 3 aromatic rings. The highest BCUT2D eigenvalue weighted by atomic mass is 16.6. The van der Waals surface area contributed by atoms with E-state index in [2.05, 4.69) is 15.5 Å². The van der Waals surface area contributed by atoms with Crippen LogP contribution in [0.1, 0.15) is 26.3 Å². The van der Waals surface area contributed by atoms with Crippen LogP contribution < -0.4 is 14.9 Å². The van der Waals surface area contributed by atoms with Crippen molar-refractivity contribution in [1.82, 2.24) is 4.98 Å². The van der Waals surface area contributed by atoms with Crippen molar-refractivity contribution in [3.63, 3.8) is 0 Å². The molecular weight excluding hydrogens is 374 g/mol. The maximum Gasteiger partial charge on any atom is 0.345 e. The number of nitrogens with one attached hydrogen (secondary N) is 1. The van der Waals surface area contributed by atoms with Crippen LogP contribution in [0.5, 0.6) is 11.5 Å². The minimum Gasteiger partial charge on any atom is -0.493 e. The standard InChI is InChI=1S/C21H17N3O5/c1-28-19-10-14(12-23-24-17-6-2-4-15(11-17)20(25)26)7-8-18(19)29-21(27)16-5-3-9-22-13-16/h2-13,24H,1H3,(H,25,26)/b23-12+. The van der Waals surface area contributed by atoms with Crippen LogP contribution in [0.15, 0.2) is 72.1 Å². The quantitative estimate of drug-likeness (QED) is 0.275. The SMILES string of the molecule is COc1cc(/C=N/Nc2cccc(C(=O)O)c2)ccc1OC(=O)c1cccnc1. The van der Waals surface area contributed by atoms with E-state index in [-0.39, 0.29) is 11.3 Å². The van der Waals surface area contributed by atoms with Gasteiger partial charge in [-0.25, -0.2) is 9.59 Å². The molecule has 0 aliphatic heterocycles. The van der Waals surface area contributed by atoms with E-state index in [9.17, 15) is 9.59 Å². The number of anilines is 1. The van der Waals surface area contributed by atoms with Crippen molar-refractivity contribution in [1.29, 1.82) is 0 Å². The zero-order valence-electron chi connectivity index (χ0n) is 15.4. The van der Waals surface area contributed by atoms with Crippen molar-refractivity contribution in [2.45, 2.75) is 0 Å². The summed E-state index contributed by atoms with van der Waals surface area (Å²) in [5, 5.41) is 13.1. The predicted octanol–water partition coefficient (Wildman–Crippen LogP) is 3.45. The molecule has 0 saturated heterocycles. The number of carboxylic acids is 1. The molecule has 3 rings (SSSR count). The van der Waals surface area contributed by atoms with E-state index < -0.39 is 11.9 Å². The fourth-order valence-electron chi connectivity index (χ4n) is 2.39. The number of pyridine rings is 1. The van der Waals surface area contributed by atoms with Gasteiger partial charge >= 0.3 is 11.9 Å². The fraction of sp³-hybridized carbons (Fsp3) is 0.0476. The number of hydrazone groups is 1. The van der Waals surface area contributed by atoms with Gasteiger partial charge < -0.3 is 14.6 Å². The molecule has 0 fully saturated rings. The predicted molar refractivity (Wildman–Crippen MR) is 107 cm³/mol. The number of methoxy groups -OCH3 is 1. The summed E-state index contributed by atoms with van der Waals surface area (Å²) in [5.41, 5.74) is 4.48. The number of carbonyl (C=O) groups is 2. The molecule has 29 heavy (non-hydrogen) atoms. The van der Waals surface area contributed by atoms with Gasteiger partial charge in [-0.15, -0.1) is 0 Å². The lowest BCUT2D eigenvalue weighted by Gasteiger charge is -2.09. The minimum atomic E-state index is -1.02. The first-order chi connectivity index (χ1) is 14.1. The summed E-state index contributed by atoms with van der Waals surface area (Å²) >= 11 is 0. The summed E-state index contributed by atoms with van der Waals surface area (Å²) in [6, 6.07) is 14.5. The molecule has 0 saturated carbocycles. The summed E-state index contributed by atoms with van der Waals surface area (Å²) in [4.78, 5) is 27.1. The number of benzene rings is 2. The second kappa shape index (κ2) is 9.14. The van der Waals surface area contributed by atoms with Crippen LogP contribution in [0.2, 0.25) is 0 Å². The molecule has 1 heterocycles. The molecular formula is C21H17N3O5. The number of ether oxygens (including phenoxy) is 2. The Bertz CT molecular complexity index is 1050. The van der Waals surface area contributed by atoms with Gasteiger partial charge in [0.2, 0.25) is 0 Å². The van der Waals surface area contributed by atoms with Crippen LogP contribution in [-0.4, -0.2) is 35.4 Å². The summed E-state index contributed by atoms with van der Waals surface area (Å²) in [7, 11) is 1.47. The van der Waals surface area contributed by atoms with Gasteiger partial charge in [0.1, 0.15) is 0 Å². The Labute approximate surface area is 166 Å². The average Bonchev–Trinajstić information content (AvgIpc) is 2.75. The molecule has 0 bridgehead atoms. The van der Waals surface area contributed by atoms with E-state index in [0.29, 0.717) is 22.6 Å². The third-order valence-corrected chi connectivity index (χ3v) is 3.80. The second-order valence-corrected chi connectivity index (χ2v) is 5.80. The van der Waals surface area contributed by atoms with E-state index in [4.69, 9.17) is 14.6 Å². The van der Waals surface area contributed by atoms with E-state index in [1.165, 1.54) is 31.7 Å². The van der Waals surface area contributed by atoms with Crippen molar-refractivity contribution in [2.75, 3.05) is 12.5 Å². The third kappa shape index (κ3) is 5.16. The molecule has 0 aliphatic carbocycles. The van der Waals surface area contributed by atoms with Crippen molar-refractivity contribution in [3.8, 4) is 11.5 Å². The van der Waals surface area contributed by atoms with Crippen LogP contribution in [0.25, 0.3) is 0 Å². The first-order valence-corrected chi connectivity index (χ1v) is 8.49. The second-order valence-electron chi connectivity index (χ2n) is 5.80. The summed E-state index contributed by atoms with van der Waals surface area (Å²) in [6.07, 6.45) is 4.51. The average molecular weight is 391 g/mol. The highest BCUT2D eigenvalue weighted by Crippen LogP contribution is 2.28. The molecule has 0 spiro atoms. The number of aromatic nitrogens is 1. The monoisotopic (exact) mass is 391 g/mol. The van der Waals surface area contributed by atoms with Crippen LogP contribution in [0.3, 0.4) is 0 Å². The van der Waals surface area contributed by atoms with Gasteiger partial charge in [0.15, 0.2) is 11.5 Å². The number of hydrogen-bond donors (Lipinski definition) is 2. The van der Waals surface area contributed by atoms with Gasteiger partial charge in [-0.3, -0.25) is 10.4 Å². The van der Waals surface area contributed by atoms with Crippen molar-refractivity contribution >= 4 is 23.8 Å². The summed E-state index contributed by atoms with van der Waals surface area (Å²) in [5.74, 6) is -0.934. The van der Waals surface area contributed by atoms with Crippen LogP contribution in [0, 0.1) is 0 Å². The van der Waals surface area contributed by atoms with Gasteiger partial charge in [0.05, 0.1) is 30.1 Å². The van der Waals surface area contributed by atoms with Gasteiger partial charge in [-0.2, -0.15) is 5.10 Å². The molecule has 0 radical (unpaired) electrons. The third-order valence-electron chi connectivity index (χ3n) is 3.80. The molecule has 1 aromatic heterocycles. The molecule has 2 aromatic carbocycles. The first kappa shape index (κ1) is 19.6. The maximum atomic E-state index is 12.2. The Morgan fingerprint density at radius 1 is 1.07 bits per heavy atom. The zero-order valence-corrected chi connectivity index (χ0v) is 15.4. The molecule has 0 amide bonds. The highest BCUT2D eigenvalue weighted by Gasteiger charge is 2.12. The van der Waals surface area contributed by atoms with Crippen molar-refractivity contribution in [3.05, 3.63) is 83.7 Å². The minimum absolute atomic E-state index is 0.159. The molecule has 0 atom stereocenters. The lowest BCUT2D eigenvalue weighted by Crippen LogP contribution is -2.09. The number of esters is 1. The summed E-state index contributed by atoms with van der Waals surface area (Å²) < 4.78 is 10.7. The first-order valence-electron chi connectivity index (χ1n) is 8.49. The number of nitrogens with zero attached hydrogens (tertiary/aromatic N) is 2. The lowest BCUT2D eigenvalue weighted by molar-refractivity contribution is 0.0694. The Kier molecular flexibility index (Phi) is 6.16. The highest BCUT2D eigenvalue weighted by molar-refractivity contribution is 5.91. The molecule has 146 valence electrons. The van der Waals surface area contributed by atoms with E-state index in [1.807, 2.05) is 0 Å². The van der Waals surface area contributed by atoms with Gasteiger partial charge in [-0.1, -0.05) is 6.07 Å². The molecule has 0 aliphatic rings. The van der Waals surface area contributed by atoms with Crippen molar-refractivity contribution < 1.29 is 24.2 Å². The molecule has 2 N–H and O–H groups in total. The Hall–Kier alpha value is -4.20. The van der Waals surface area contributed by atoms with E-state index in [1.54, 1.807) is 48.7 Å². The van der Waals surface area contributed by atoms with Crippen LogP contribution in [-0.2, 0) is 0 Å². The Morgan fingerprint density at radius 3 is 2.62 bits per heavy atom. The topological polar surface area (TPSA) is 110 Å². The smallest absolute Gasteiger partial charge is 0.345 e. The van der Waals surface area contributed by atoms with Gasteiger partial charge in [0, 0.05) is 12.4 Å². The van der Waals surface area contributed by atoms with Gasteiger partial charge in [0.25, 0.3) is 0 Å². The Balaban J connectivity index is 1.70. The van der Waals surface area contributed by atoms with E-state index >= 15 is 0 Å².